The number of fused-ring (bicyclic) bond motifs is 1. The van der Waals surface area contributed by atoms with Crippen LogP contribution < -0.4 is 5.32 Å². The fraction of sp³-hybridized carbons (Fsp3) is 0.542. The van der Waals surface area contributed by atoms with Gasteiger partial charge in [-0.2, -0.15) is 5.10 Å². The molecule has 0 aliphatic carbocycles. The van der Waals surface area contributed by atoms with Crippen LogP contribution >= 0.6 is 0 Å². The van der Waals surface area contributed by atoms with Crippen molar-refractivity contribution in [1.29, 1.82) is 0 Å². The molecule has 0 radical (unpaired) electrons. The van der Waals surface area contributed by atoms with Gasteiger partial charge in [0.1, 0.15) is 5.69 Å². The van der Waals surface area contributed by atoms with Crippen LogP contribution in [0.3, 0.4) is 0 Å². The summed E-state index contributed by atoms with van der Waals surface area (Å²) in [5.74, 6) is -0.311. The zero-order chi connectivity index (χ0) is 22.2. The molecule has 7 nitrogen and oxygen atoms in total. The zero-order valence-electron chi connectivity index (χ0n) is 18.8. The molecule has 1 aromatic carbocycles. The maximum Gasteiger partial charge on any atom is 0.338 e. The molecule has 0 spiro atoms. The molecule has 0 bridgehead atoms. The Morgan fingerprint density at radius 1 is 1.26 bits per heavy atom. The molecule has 1 aliphatic rings. The van der Waals surface area contributed by atoms with Crippen molar-refractivity contribution in [3.05, 3.63) is 52.3 Å². The van der Waals surface area contributed by atoms with Crippen LogP contribution in [-0.4, -0.2) is 48.0 Å². The predicted octanol–water partition coefficient (Wildman–Crippen LogP) is 3.33. The molecule has 168 valence electrons. The molecule has 1 amide bonds. The molecule has 0 fully saturated rings. The molecule has 1 N–H and O–H groups in total. The van der Waals surface area contributed by atoms with Crippen LogP contribution in [0.1, 0.15) is 64.4 Å². The Bertz CT molecular complexity index is 889. The molecule has 2 heterocycles. The van der Waals surface area contributed by atoms with Gasteiger partial charge in [-0.15, -0.1) is 0 Å². The highest BCUT2D eigenvalue weighted by Gasteiger charge is 2.24. The number of benzene rings is 1. The minimum atomic E-state index is -0.318. The fourth-order valence-corrected chi connectivity index (χ4v) is 3.75. The Kier molecular flexibility index (Phi) is 8.23. The van der Waals surface area contributed by atoms with Crippen molar-refractivity contribution < 1.29 is 19.1 Å². The lowest BCUT2D eigenvalue weighted by Gasteiger charge is -2.12. The third-order valence-electron chi connectivity index (χ3n) is 5.44. The van der Waals surface area contributed by atoms with Gasteiger partial charge in [0.2, 0.25) is 0 Å². The molecular formula is C24H33N3O4. The van der Waals surface area contributed by atoms with Crippen LogP contribution in [0.15, 0.2) is 24.3 Å². The van der Waals surface area contributed by atoms with Crippen LogP contribution in [-0.2, 0) is 28.9 Å². The maximum absolute atomic E-state index is 12.8. The van der Waals surface area contributed by atoms with Crippen molar-refractivity contribution in [3.63, 3.8) is 0 Å². The predicted molar refractivity (Wildman–Crippen MR) is 118 cm³/mol. The quantitative estimate of drug-likeness (QED) is 0.715. The van der Waals surface area contributed by atoms with Gasteiger partial charge in [-0.3, -0.25) is 9.48 Å². The molecule has 1 aliphatic heterocycles. The van der Waals surface area contributed by atoms with E-state index in [1.54, 1.807) is 16.8 Å². The summed E-state index contributed by atoms with van der Waals surface area (Å²) in [5, 5.41) is 7.73. The third kappa shape index (κ3) is 6.17. The average molecular weight is 428 g/mol. The monoisotopic (exact) mass is 427 g/mol. The van der Waals surface area contributed by atoms with Crippen LogP contribution in [0.5, 0.6) is 0 Å². The first kappa shape index (κ1) is 23.0. The van der Waals surface area contributed by atoms with Gasteiger partial charge in [-0.1, -0.05) is 24.6 Å². The molecule has 7 heteroatoms. The summed E-state index contributed by atoms with van der Waals surface area (Å²) in [6, 6.07) is 7.36. The number of carbonyl (C=O) groups excluding carboxylic acids is 2. The second kappa shape index (κ2) is 11.1. The van der Waals surface area contributed by atoms with Crippen LogP contribution in [0.4, 0.5) is 0 Å². The SMILES string of the molecule is CCn1nc(C[C@@H](C)COC(=O)c2ccc(C)cc2)c2c1C(=O)NCCCOCCC2. The first-order valence-corrected chi connectivity index (χ1v) is 11.2. The number of aromatic nitrogens is 2. The van der Waals surface area contributed by atoms with E-state index < -0.39 is 0 Å². The van der Waals surface area contributed by atoms with Crippen molar-refractivity contribution in [1.82, 2.24) is 15.1 Å². The van der Waals surface area contributed by atoms with Gasteiger partial charge in [-0.25, -0.2) is 4.79 Å². The number of nitrogens with one attached hydrogen (secondary N) is 1. The number of hydrogen-bond acceptors (Lipinski definition) is 5. The number of ether oxygens (including phenoxy) is 2. The summed E-state index contributed by atoms with van der Waals surface area (Å²) in [6.45, 7) is 8.86. The molecule has 31 heavy (non-hydrogen) atoms. The van der Waals surface area contributed by atoms with E-state index in [0.717, 1.165) is 36.1 Å². The Hall–Kier alpha value is -2.67. The molecular weight excluding hydrogens is 394 g/mol. The molecule has 1 aromatic heterocycles. The van der Waals surface area contributed by atoms with Gasteiger partial charge >= 0.3 is 5.97 Å². The van der Waals surface area contributed by atoms with Gasteiger partial charge in [-0.05, 0) is 57.6 Å². The molecule has 0 unspecified atom stereocenters. The largest absolute Gasteiger partial charge is 0.462 e. The lowest BCUT2D eigenvalue weighted by molar-refractivity contribution is 0.0448. The topological polar surface area (TPSA) is 82.5 Å². The Morgan fingerprint density at radius 3 is 2.74 bits per heavy atom. The number of aryl methyl sites for hydroxylation is 2. The van der Waals surface area contributed by atoms with E-state index in [0.29, 0.717) is 50.6 Å². The minimum Gasteiger partial charge on any atom is -0.462 e. The number of carbonyl (C=O) groups is 2. The van der Waals surface area contributed by atoms with Gasteiger partial charge < -0.3 is 14.8 Å². The highest BCUT2D eigenvalue weighted by molar-refractivity contribution is 5.94. The second-order valence-electron chi connectivity index (χ2n) is 8.19. The van der Waals surface area contributed by atoms with Crippen LogP contribution in [0.25, 0.3) is 0 Å². The van der Waals surface area contributed by atoms with Gasteiger partial charge in [0.05, 0.1) is 17.9 Å². The van der Waals surface area contributed by atoms with E-state index in [9.17, 15) is 9.59 Å². The number of amides is 1. The van der Waals surface area contributed by atoms with Crippen LogP contribution in [0.2, 0.25) is 0 Å². The first-order chi connectivity index (χ1) is 15.0. The number of nitrogens with zero attached hydrogens (tertiary/aromatic N) is 2. The third-order valence-corrected chi connectivity index (χ3v) is 5.44. The molecule has 1 atom stereocenters. The van der Waals surface area contributed by atoms with Crippen LogP contribution in [0, 0.1) is 12.8 Å². The Balaban J connectivity index is 1.70. The number of rotatable bonds is 6. The standard InChI is InChI=1S/C24H33N3O4/c1-4-27-22-20(7-5-13-30-14-6-12-25-23(22)28)21(26-27)15-18(3)16-31-24(29)19-10-8-17(2)9-11-19/h8-11,18H,4-7,12-16H2,1-3H3,(H,25,28)/t18-/m1/s1. The van der Waals surface area contributed by atoms with E-state index in [2.05, 4.69) is 5.32 Å². The van der Waals surface area contributed by atoms with E-state index in [4.69, 9.17) is 14.6 Å². The summed E-state index contributed by atoms with van der Waals surface area (Å²) in [5.41, 5.74) is 4.21. The van der Waals surface area contributed by atoms with Crippen molar-refractivity contribution in [2.24, 2.45) is 5.92 Å². The Morgan fingerprint density at radius 2 is 2.00 bits per heavy atom. The van der Waals surface area contributed by atoms with Gasteiger partial charge in [0.25, 0.3) is 5.91 Å². The van der Waals surface area contributed by atoms with Crippen molar-refractivity contribution in [3.8, 4) is 0 Å². The van der Waals surface area contributed by atoms with Crippen molar-refractivity contribution in [2.45, 2.75) is 53.0 Å². The molecule has 0 saturated heterocycles. The highest BCUT2D eigenvalue weighted by Crippen LogP contribution is 2.21. The second-order valence-corrected chi connectivity index (χ2v) is 8.19. The fourth-order valence-electron chi connectivity index (χ4n) is 3.75. The number of esters is 1. The van der Waals surface area contributed by atoms with Gasteiger partial charge in [0, 0.05) is 31.9 Å². The minimum absolute atomic E-state index is 0.0732. The summed E-state index contributed by atoms with van der Waals surface area (Å²) >= 11 is 0. The van der Waals surface area contributed by atoms with E-state index in [1.165, 1.54) is 0 Å². The summed E-state index contributed by atoms with van der Waals surface area (Å²) in [7, 11) is 0. The smallest absolute Gasteiger partial charge is 0.338 e. The van der Waals surface area contributed by atoms with E-state index in [1.807, 2.05) is 32.9 Å². The zero-order valence-corrected chi connectivity index (χ0v) is 18.8. The summed E-state index contributed by atoms with van der Waals surface area (Å²) < 4.78 is 13.0. The van der Waals surface area contributed by atoms with E-state index in [-0.39, 0.29) is 17.8 Å². The summed E-state index contributed by atoms with van der Waals surface area (Å²) in [4.78, 5) is 25.1. The molecule has 2 aromatic rings. The Labute approximate surface area is 184 Å². The lowest BCUT2D eigenvalue weighted by atomic mass is 9.99. The van der Waals surface area contributed by atoms with Gasteiger partial charge in [0.15, 0.2) is 0 Å². The van der Waals surface area contributed by atoms with Crippen molar-refractivity contribution in [2.75, 3.05) is 26.4 Å². The molecule has 3 rings (SSSR count). The van der Waals surface area contributed by atoms with Crippen molar-refractivity contribution >= 4 is 11.9 Å². The van der Waals surface area contributed by atoms with E-state index >= 15 is 0 Å². The maximum atomic E-state index is 12.8. The lowest BCUT2D eigenvalue weighted by Crippen LogP contribution is -2.28. The summed E-state index contributed by atoms with van der Waals surface area (Å²) in [6.07, 6.45) is 3.04. The molecule has 0 saturated carbocycles. The normalized spacial score (nSPS) is 16.0. The average Bonchev–Trinajstić information content (AvgIpc) is 3.09. The highest BCUT2D eigenvalue weighted by atomic mass is 16.5. The number of hydrogen-bond donors (Lipinski definition) is 1. The first-order valence-electron chi connectivity index (χ1n) is 11.2.